The van der Waals surface area contributed by atoms with Crippen molar-refractivity contribution in [3.05, 3.63) is 51.6 Å². The summed E-state index contributed by atoms with van der Waals surface area (Å²) < 4.78 is 6.74. The molecule has 0 atom stereocenters. The standard InChI is InChI=1S/C12H14N4O3/c1-7-4-14-12(18)16(5-7)6-9-3-10(11(17)15-13)19-8(9)2/h3-5H,6,13H2,1-2H3,(H,15,17). The predicted molar refractivity (Wildman–Crippen MR) is 67.4 cm³/mol. The molecule has 0 aliphatic heterocycles. The van der Waals surface area contributed by atoms with Crippen LogP contribution < -0.4 is 17.0 Å². The minimum Gasteiger partial charge on any atom is -0.456 e. The van der Waals surface area contributed by atoms with Crippen molar-refractivity contribution >= 4 is 5.91 Å². The van der Waals surface area contributed by atoms with Crippen LogP contribution in [0.4, 0.5) is 0 Å². The van der Waals surface area contributed by atoms with E-state index in [0.29, 0.717) is 12.3 Å². The topological polar surface area (TPSA) is 103 Å². The molecule has 0 fully saturated rings. The Morgan fingerprint density at radius 3 is 2.95 bits per heavy atom. The third-order valence-corrected chi connectivity index (χ3v) is 2.70. The summed E-state index contributed by atoms with van der Waals surface area (Å²) in [6.07, 6.45) is 3.21. The van der Waals surface area contributed by atoms with Gasteiger partial charge in [-0.05, 0) is 25.5 Å². The van der Waals surface area contributed by atoms with E-state index in [1.54, 1.807) is 19.2 Å². The number of carbonyl (C=O) groups is 1. The first-order valence-electron chi connectivity index (χ1n) is 5.64. The van der Waals surface area contributed by atoms with Crippen LogP contribution in [0.1, 0.15) is 27.4 Å². The van der Waals surface area contributed by atoms with Crippen LogP contribution in [-0.4, -0.2) is 15.5 Å². The number of nitrogens with two attached hydrogens (primary N) is 1. The third kappa shape index (κ3) is 2.71. The SMILES string of the molecule is Cc1cnc(=O)n(Cc2cc(C(=O)NN)oc2C)c1. The van der Waals surface area contributed by atoms with Gasteiger partial charge in [0, 0.05) is 18.0 Å². The van der Waals surface area contributed by atoms with Gasteiger partial charge in [0.2, 0.25) is 0 Å². The lowest BCUT2D eigenvalue weighted by Crippen LogP contribution is -2.29. The Kier molecular flexibility index (Phi) is 3.48. The van der Waals surface area contributed by atoms with Gasteiger partial charge >= 0.3 is 11.6 Å². The third-order valence-electron chi connectivity index (χ3n) is 2.70. The number of carbonyl (C=O) groups excluding carboxylic acids is 1. The lowest BCUT2D eigenvalue weighted by Gasteiger charge is -2.04. The fourth-order valence-corrected chi connectivity index (χ4v) is 1.72. The van der Waals surface area contributed by atoms with Gasteiger partial charge in [-0.25, -0.2) is 15.6 Å². The number of hydrogen-bond acceptors (Lipinski definition) is 5. The molecule has 19 heavy (non-hydrogen) atoms. The number of nitrogens with zero attached hydrogens (tertiary/aromatic N) is 2. The van der Waals surface area contributed by atoms with Crippen molar-refractivity contribution in [3.63, 3.8) is 0 Å². The number of rotatable bonds is 3. The van der Waals surface area contributed by atoms with E-state index in [2.05, 4.69) is 4.98 Å². The molecule has 1 amide bonds. The van der Waals surface area contributed by atoms with E-state index in [9.17, 15) is 9.59 Å². The largest absolute Gasteiger partial charge is 0.456 e. The Balaban J connectivity index is 2.33. The van der Waals surface area contributed by atoms with Gasteiger partial charge in [0.25, 0.3) is 0 Å². The molecule has 3 N–H and O–H groups in total. The van der Waals surface area contributed by atoms with Crippen LogP contribution in [0.15, 0.2) is 27.7 Å². The molecule has 7 nitrogen and oxygen atoms in total. The van der Waals surface area contributed by atoms with Crippen molar-refractivity contribution in [1.29, 1.82) is 0 Å². The van der Waals surface area contributed by atoms with Gasteiger partial charge in [-0.3, -0.25) is 14.8 Å². The lowest BCUT2D eigenvalue weighted by atomic mass is 10.2. The molecule has 0 aromatic carbocycles. The number of nitrogens with one attached hydrogen (secondary N) is 1. The highest BCUT2D eigenvalue weighted by molar-refractivity contribution is 5.91. The molecular weight excluding hydrogens is 248 g/mol. The molecule has 2 heterocycles. The second-order valence-corrected chi connectivity index (χ2v) is 4.21. The van der Waals surface area contributed by atoms with E-state index in [1.165, 1.54) is 10.8 Å². The molecule has 2 aromatic heterocycles. The number of nitrogen functional groups attached to an aromatic ring is 1. The highest BCUT2D eigenvalue weighted by Gasteiger charge is 2.14. The Morgan fingerprint density at radius 2 is 2.26 bits per heavy atom. The molecule has 0 aliphatic carbocycles. The summed E-state index contributed by atoms with van der Waals surface area (Å²) in [7, 11) is 0. The van der Waals surface area contributed by atoms with Crippen molar-refractivity contribution in [3.8, 4) is 0 Å². The van der Waals surface area contributed by atoms with Crippen LogP contribution in [-0.2, 0) is 6.54 Å². The van der Waals surface area contributed by atoms with Gasteiger partial charge in [0.05, 0.1) is 6.54 Å². The monoisotopic (exact) mass is 262 g/mol. The van der Waals surface area contributed by atoms with Crippen LogP contribution in [0.25, 0.3) is 0 Å². The smallest absolute Gasteiger partial charge is 0.347 e. The van der Waals surface area contributed by atoms with Crippen molar-refractivity contribution < 1.29 is 9.21 Å². The number of amides is 1. The maximum Gasteiger partial charge on any atom is 0.347 e. The number of aromatic nitrogens is 2. The average Bonchev–Trinajstić information content (AvgIpc) is 2.74. The Labute approximate surface area is 109 Å². The molecule has 0 unspecified atom stereocenters. The zero-order valence-corrected chi connectivity index (χ0v) is 10.6. The summed E-state index contributed by atoms with van der Waals surface area (Å²) in [5.41, 5.74) is 3.25. The van der Waals surface area contributed by atoms with Gasteiger partial charge in [0.15, 0.2) is 5.76 Å². The quantitative estimate of drug-likeness (QED) is 0.464. The van der Waals surface area contributed by atoms with E-state index in [0.717, 1.165) is 11.1 Å². The summed E-state index contributed by atoms with van der Waals surface area (Å²) in [4.78, 5) is 26.7. The molecule has 2 aromatic rings. The molecule has 0 spiro atoms. The summed E-state index contributed by atoms with van der Waals surface area (Å²) in [6.45, 7) is 3.86. The second-order valence-electron chi connectivity index (χ2n) is 4.21. The molecular formula is C12H14N4O3. The van der Waals surface area contributed by atoms with Gasteiger partial charge < -0.3 is 4.42 Å². The summed E-state index contributed by atoms with van der Waals surface area (Å²) in [5, 5.41) is 0. The summed E-state index contributed by atoms with van der Waals surface area (Å²) in [5.74, 6) is 5.20. The van der Waals surface area contributed by atoms with E-state index in [4.69, 9.17) is 10.3 Å². The normalized spacial score (nSPS) is 10.5. The highest BCUT2D eigenvalue weighted by Crippen LogP contribution is 2.15. The predicted octanol–water partition coefficient (Wildman–Crippen LogP) is 0.105. The zero-order valence-electron chi connectivity index (χ0n) is 10.6. The van der Waals surface area contributed by atoms with E-state index >= 15 is 0 Å². The van der Waals surface area contributed by atoms with Crippen LogP contribution in [0.5, 0.6) is 0 Å². The Morgan fingerprint density at radius 1 is 1.53 bits per heavy atom. The lowest BCUT2D eigenvalue weighted by molar-refractivity contribution is 0.0924. The van der Waals surface area contributed by atoms with E-state index in [1.807, 2.05) is 12.3 Å². The second kappa shape index (κ2) is 5.07. The first kappa shape index (κ1) is 13.0. The fraction of sp³-hybridized carbons (Fsp3) is 0.250. The maximum atomic E-state index is 11.6. The molecule has 100 valence electrons. The van der Waals surface area contributed by atoms with E-state index < -0.39 is 5.91 Å². The Hall–Kier alpha value is -2.41. The van der Waals surface area contributed by atoms with Crippen LogP contribution in [0, 0.1) is 13.8 Å². The molecule has 7 heteroatoms. The molecule has 0 bridgehead atoms. The van der Waals surface area contributed by atoms with Crippen molar-refractivity contribution in [2.45, 2.75) is 20.4 Å². The molecule has 0 saturated carbocycles. The minimum atomic E-state index is -0.510. The highest BCUT2D eigenvalue weighted by atomic mass is 16.4. The fourth-order valence-electron chi connectivity index (χ4n) is 1.72. The van der Waals surface area contributed by atoms with Gasteiger partial charge in [-0.15, -0.1) is 0 Å². The Bertz CT molecular complexity index is 672. The first-order chi connectivity index (χ1) is 9.01. The van der Waals surface area contributed by atoms with Crippen LogP contribution in [0.2, 0.25) is 0 Å². The zero-order chi connectivity index (χ0) is 14.0. The molecule has 0 saturated heterocycles. The van der Waals surface area contributed by atoms with Crippen molar-refractivity contribution in [2.24, 2.45) is 5.84 Å². The number of furan rings is 1. The van der Waals surface area contributed by atoms with Gasteiger partial charge in [-0.1, -0.05) is 0 Å². The summed E-state index contributed by atoms with van der Waals surface area (Å²) >= 11 is 0. The maximum absolute atomic E-state index is 11.6. The summed E-state index contributed by atoms with van der Waals surface area (Å²) in [6, 6.07) is 1.56. The number of hydrazine groups is 1. The van der Waals surface area contributed by atoms with Crippen molar-refractivity contribution in [2.75, 3.05) is 0 Å². The van der Waals surface area contributed by atoms with Crippen LogP contribution >= 0.6 is 0 Å². The van der Waals surface area contributed by atoms with Gasteiger partial charge in [0.1, 0.15) is 5.76 Å². The molecule has 0 radical (unpaired) electrons. The number of aryl methyl sites for hydroxylation is 2. The van der Waals surface area contributed by atoms with Crippen LogP contribution in [0.3, 0.4) is 0 Å². The van der Waals surface area contributed by atoms with E-state index in [-0.39, 0.29) is 11.4 Å². The van der Waals surface area contributed by atoms with Crippen molar-refractivity contribution in [1.82, 2.24) is 15.0 Å². The van der Waals surface area contributed by atoms with Gasteiger partial charge in [-0.2, -0.15) is 0 Å². The molecule has 2 rings (SSSR count). The number of hydrogen-bond donors (Lipinski definition) is 2. The first-order valence-corrected chi connectivity index (χ1v) is 5.64. The minimum absolute atomic E-state index is 0.115. The average molecular weight is 262 g/mol. The molecule has 0 aliphatic rings.